The summed E-state index contributed by atoms with van der Waals surface area (Å²) in [5.74, 6) is 0. The molecular weight excluding hydrogens is 228 g/mol. The van der Waals surface area contributed by atoms with Crippen LogP contribution < -0.4 is 5.73 Å². The molecule has 0 unspecified atom stereocenters. The van der Waals surface area contributed by atoms with Crippen molar-refractivity contribution in [1.29, 1.82) is 0 Å². The van der Waals surface area contributed by atoms with E-state index in [1.807, 2.05) is 11.3 Å². The van der Waals surface area contributed by atoms with Crippen LogP contribution in [0.3, 0.4) is 0 Å². The maximum absolute atomic E-state index is 5.68. The number of fused-ring (bicyclic) bond motifs is 1. The van der Waals surface area contributed by atoms with Crippen LogP contribution in [0.4, 0.5) is 0 Å². The molecule has 17 heavy (non-hydrogen) atoms. The number of thiophene rings is 1. The van der Waals surface area contributed by atoms with Gasteiger partial charge in [-0.15, -0.1) is 11.3 Å². The van der Waals surface area contributed by atoms with Crippen molar-refractivity contribution in [2.24, 2.45) is 5.73 Å². The van der Waals surface area contributed by atoms with Crippen LogP contribution in [0.2, 0.25) is 0 Å². The van der Waals surface area contributed by atoms with Crippen LogP contribution in [0.1, 0.15) is 23.3 Å². The van der Waals surface area contributed by atoms with E-state index in [1.165, 1.54) is 46.5 Å². The van der Waals surface area contributed by atoms with Gasteiger partial charge in [0.2, 0.25) is 0 Å². The minimum Gasteiger partial charge on any atom is -0.326 e. The summed E-state index contributed by atoms with van der Waals surface area (Å²) in [4.78, 5) is 4.03. The molecule has 90 valence electrons. The van der Waals surface area contributed by atoms with Crippen molar-refractivity contribution in [3.8, 4) is 0 Å². The number of likely N-dealkylation sites (tertiary alicyclic amines) is 1. The first-order valence-corrected chi connectivity index (χ1v) is 7.10. The van der Waals surface area contributed by atoms with Crippen LogP contribution in [0, 0.1) is 0 Å². The van der Waals surface area contributed by atoms with E-state index < -0.39 is 0 Å². The Morgan fingerprint density at radius 3 is 2.76 bits per heavy atom. The molecule has 0 aliphatic carbocycles. The molecule has 1 aliphatic heterocycles. The molecule has 0 atom stereocenters. The molecule has 2 aromatic rings. The zero-order valence-electron chi connectivity index (χ0n) is 9.98. The molecule has 0 radical (unpaired) electrons. The van der Waals surface area contributed by atoms with Crippen molar-refractivity contribution < 1.29 is 0 Å². The van der Waals surface area contributed by atoms with E-state index in [0.29, 0.717) is 6.54 Å². The second-order valence-electron chi connectivity index (χ2n) is 4.77. The monoisotopic (exact) mass is 246 g/mol. The van der Waals surface area contributed by atoms with Gasteiger partial charge in [0.05, 0.1) is 0 Å². The highest BCUT2D eigenvalue weighted by Crippen LogP contribution is 2.28. The predicted octanol–water partition coefficient (Wildman–Crippen LogP) is 2.96. The molecule has 2 heterocycles. The summed E-state index contributed by atoms with van der Waals surface area (Å²) in [5, 5.41) is 1.36. The summed E-state index contributed by atoms with van der Waals surface area (Å²) in [5.41, 5.74) is 6.90. The van der Waals surface area contributed by atoms with E-state index in [1.54, 1.807) is 0 Å². The molecule has 2 N–H and O–H groups in total. The molecule has 1 saturated heterocycles. The molecule has 3 rings (SSSR count). The van der Waals surface area contributed by atoms with Crippen molar-refractivity contribution in [2.75, 3.05) is 13.1 Å². The fourth-order valence-corrected chi connectivity index (χ4v) is 3.67. The second kappa shape index (κ2) is 4.77. The fraction of sp³-hybridized carbons (Fsp3) is 0.429. The van der Waals surface area contributed by atoms with Gasteiger partial charge in [0, 0.05) is 22.7 Å². The van der Waals surface area contributed by atoms with Gasteiger partial charge in [0.25, 0.3) is 0 Å². The smallest absolute Gasteiger partial charge is 0.0349 e. The molecule has 0 bridgehead atoms. The van der Waals surface area contributed by atoms with Crippen LogP contribution in [0.5, 0.6) is 0 Å². The van der Waals surface area contributed by atoms with Crippen LogP contribution in [-0.4, -0.2) is 18.0 Å². The largest absolute Gasteiger partial charge is 0.326 e. The summed E-state index contributed by atoms with van der Waals surface area (Å²) < 4.78 is 1.38. The maximum atomic E-state index is 5.68. The van der Waals surface area contributed by atoms with Gasteiger partial charge in [-0.2, -0.15) is 0 Å². The Kier molecular flexibility index (Phi) is 3.14. The molecule has 0 spiro atoms. The predicted molar refractivity (Wildman–Crippen MR) is 74.2 cm³/mol. The quantitative estimate of drug-likeness (QED) is 0.902. The third-order valence-corrected chi connectivity index (χ3v) is 4.53. The van der Waals surface area contributed by atoms with Crippen LogP contribution in [-0.2, 0) is 13.1 Å². The van der Waals surface area contributed by atoms with E-state index in [9.17, 15) is 0 Å². The summed E-state index contributed by atoms with van der Waals surface area (Å²) in [6.45, 7) is 4.29. The van der Waals surface area contributed by atoms with Crippen LogP contribution in [0.15, 0.2) is 24.3 Å². The first-order valence-electron chi connectivity index (χ1n) is 6.29. The number of hydrogen-bond acceptors (Lipinski definition) is 3. The van der Waals surface area contributed by atoms with Gasteiger partial charge in [-0.05, 0) is 49.0 Å². The highest BCUT2D eigenvalue weighted by Gasteiger charge is 2.13. The first kappa shape index (κ1) is 11.2. The third kappa shape index (κ3) is 2.37. The molecule has 3 heteroatoms. The van der Waals surface area contributed by atoms with Gasteiger partial charge in [-0.25, -0.2) is 0 Å². The molecule has 1 aromatic heterocycles. The fourth-order valence-electron chi connectivity index (χ4n) is 2.50. The Balaban J connectivity index is 1.85. The SMILES string of the molecule is NCc1ccc2cc(CN3CCCC3)sc2c1. The lowest BCUT2D eigenvalue weighted by atomic mass is 10.2. The number of hydrogen-bond donors (Lipinski definition) is 1. The van der Waals surface area contributed by atoms with E-state index >= 15 is 0 Å². The zero-order valence-corrected chi connectivity index (χ0v) is 10.8. The lowest BCUT2D eigenvalue weighted by molar-refractivity contribution is 0.334. The summed E-state index contributed by atoms with van der Waals surface area (Å²) in [7, 11) is 0. The number of nitrogens with two attached hydrogens (primary N) is 1. The molecule has 0 amide bonds. The zero-order chi connectivity index (χ0) is 11.7. The van der Waals surface area contributed by atoms with E-state index in [2.05, 4.69) is 29.2 Å². The number of nitrogens with zero attached hydrogens (tertiary/aromatic N) is 1. The minimum atomic E-state index is 0.634. The van der Waals surface area contributed by atoms with Gasteiger partial charge in [0.1, 0.15) is 0 Å². The van der Waals surface area contributed by atoms with Crippen LogP contribution in [0.25, 0.3) is 10.1 Å². The Hall–Kier alpha value is -0.900. The van der Waals surface area contributed by atoms with E-state index in [0.717, 1.165) is 6.54 Å². The average molecular weight is 246 g/mol. The molecule has 1 aromatic carbocycles. The average Bonchev–Trinajstić information content (AvgIpc) is 2.96. The molecule has 1 aliphatic rings. The second-order valence-corrected chi connectivity index (χ2v) is 5.94. The number of benzene rings is 1. The first-order chi connectivity index (χ1) is 8.35. The normalized spacial score (nSPS) is 17.0. The van der Waals surface area contributed by atoms with Crippen LogP contribution >= 0.6 is 11.3 Å². The van der Waals surface area contributed by atoms with Crippen molar-refractivity contribution in [2.45, 2.75) is 25.9 Å². The lowest BCUT2D eigenvalue weighted by Crippen LogP contribution is -2.17. The van der Waals surface area contributed by atoms with Crippen molar-refractivity contribution in [3.63, 3.8) is 0 Å². The highest BCUT2D eigenvalue weighted by molar-refractivity contribution is 7.19. The summed E-state index contributed by atoms with van der Waals surface area (Å²) >= 11 is 1.92. The van der Waals surface area contributed by atoms with E-state index in [4.69, 9.17) is 5.73 Å². The molecule has 0 saturated carbocycles. The summed E-state index contributed by atoms with van der Waals surface area (Å²) in [6.07, 6.45) is 2.73. The lowest BCUT2D eigenvalue weighted by Gasteiger charge is -2.12. The van der Waals surface area contributed by atoms with Gasteiger partial charge in [-0.3, -0.25) is 4.90 Å². The highest BCUT2D eigenvalue weighted by atomic mass is 32.1. The van der Waals surface area contributed by atoms with Gasteiger partial charge in [0.15, 0.2) is 0 Å². The van der Waals surface area contributed by atoms with Crippen molar-refractivity contribution >= 4 is 21.4 Å². The van der Waals surface area contributed by atoms with Gasteiger partial charge < -0.3 is 5.73 Å². The third-order valence-electron chi connectivity index (χ3n) is 3.45. The Bertz CT molecular complexity index is 512. The standard InChI is InChI=1S/C14H18N2S/c15-9-11-3-4-12-8-13(17-14(12)7-11)10-16-5-1-2-6-16/h3-4,7-8H,1-2,5-6,9-10,15H2. The van der Waals surface area contributed by atoms with E-state index in [-0.39, 0.29) is 0 Å². The summed E-state index contributed by atoms with van der Waals surface area (Å²) in [6, 6.07) is 8.89. The molecular formula is C14H18N2S. The minimum absolute atomic E-state index is 0.634. The molecule has 2 nitrogen and oxygen atoms in total. The van der Waals surface area contributed by atoms with Crippen molar-refractivity contribution in [3.05, 3.63) is 34.7 Å². The Labute approximate surface area is 106 Å². The van der Waals surface area contributed by atoms with Gasteiger partial charge >= 0.3 is 0 Å². The maximum Gasteiger partial charge on any atom is 0.0349 e. The van der Waals surface area contributed by atoms with Gasteiger partial charge in [-0.1, -0.05) is 12.1 Å². The molecule has 1 fully saturated rings. The van der Waals surface area contributed by atoms with Crippen molar-refractivity contribution in [1.82, 2.24) is 4.90 Å². The Morgan fingerprint density at radius 2 is 2.00 bits per heavy atom. The topological polar surface area (TPSA) is 29.3 Å². The Morgan fingerprint density at radius 1 is 1.18 bits per heavy atom. The number of rotatable bonds is 3.